The van der Waals surface area contributed by atoms with Gasteiger partial charge in [0, 0.05) is 17.1 Å². The number of benzene rings is 2. The van der Waals surface area contributed by atoms with Gasteiger partial charge in [0.2, 0.25) is 0 Å². The van der Waals surface area contributed by atoms with Gasteiger partial charge in [-0.3, -0.25) is 0 Å². The summed E-state index contributed by atoms with van der Waals surface area (Å²) in [7, 11) is 0. The number of imidazole rings is 1. The third-order valence-electron chi connectivity index (χ3n) is 3.25. The van der Waals surface area contributed by atoms with E-state index in [2.05, 4.69) is 19.9 Å². The molecule has 3 N–H and O–H groups in total. The molecule has 0 spiro atoms. The zero-order valence-corrected chi connectivity index (χ0v) is 10.5. The molecule has 0 radical (unpaired) electrons. The van der Waals surface area contributed by atoms with Crippen LogP contribution in [0.15, 0.2) is 48.7 Å². The fraction of sp³-hybridized carbons (Fsp3) is 0. The van der Waals surface area contributed by atoms with Gasteiger partial charge >= 0.3 is 0 Å². The van der Waals surface area contributed by atoms with Crippen LogP contribution >= 0.6 is 0 Å². The van der Waals surface area contributed by atoms with E-state index >= 15 is 0 Å². The molecule has 5 heteroatoms. The number of nitrogens with two attached hydrogens (primary N) is 1. The normalized spacial score (nSPS) is 11.2. The number of anilines is 1. The van der Waals surface area contributed by atoms with Gasteiger partial charge in [0.1, 0.15) is 0 Å². The van der Waals surface area contributed by atoms with E-state index in [1.54, 1.807) is 0 Å². The van der Waals surface area contributed by atoms with Gasteiger partial charge in [-0.1, -0.05) is 18.2 Å². The lowest BCUT2D eigenvalue weighted by molar-refractivity contribution is 1.23. The van der Waals surface area contributed by atoms with Crippen molar-refractivity contribution < 1.29 is 0 Å². The summed E-state index contributed by atoms with van der Waals surface area (Å²) in [4.78, 5) is 16.2. The Bertz CT molecular complexity index is 926. The Morgan fingerprint density at radius 3 is 2.80 bits per heavy atom. The monoisotopic (exact) mass is 261 g/mol. The molecule has 0 saturated carbocycles. The molecule has 0 bridgehead atoms. The average molecular weight is 261 g/mol. The first kappa shape index (κ1) is 10.9. The zero-order chi connectivity index (χ0) is 13.5. The fourth-order valence-corrected chi connectivity index (χ4v) is 2.28. The van der Waals surface area contributed by atoms with Crippen LogP contribution in [-0.2, 0) is 0 Å². The largest absolute Gasteiger partial charge is 0.369 e. The topological polar surface area (TPSA) is 80.5 Å². The molecule has 0 aliphatic heterocycles. The molecule has 0 aliphatic carbocycles. The lowest BCUT2D eigenvalue weighted by atomic mass is 10.1. The summed E-state index contributed by atoms with van der Waals surface area (Å²) in [5.41, 5.74) is 9.25. The lowest BCUT2D eigenvalue weighted by Gasteiger charge is -2.02. The summed E-state index contributed by atoms with van der Waals surface area (Å²) in [6.07, 6.45) is 1.84. The second-order valence-corrected chi connectivity index (χ2v) is 4.61. The molecule has 2 aromatic carbocycles. The minimum absolute atomic E-state index is 0.413. The minimum Gasteiger partial charge on any atom is -0.369 e. The van der Waals surface area contributed by atoms with Crippen LogP contribution in [0.3, 0.4) is 0 Å². The Labute approximate surface area is 114 Å². The smallest absolute Gasteiger partial charge is 0.198 e. The van der Waals surface area contributed by atoms with E-state index in [-0.39, 0.29) is 0 Å². The van der Waals surface area contributed by atoms with E-state index in [4.69, 9.17) is 5.73 Å². The number of H-pyrrole nitrogens is 1. The SMILES string of the molecule is Nc1nc2ccc(-c3ncc4ccccc4n3)cc2[nH]1. The van der Waals surface area contributed by atoms with Crippen molar-refractivity contribution in [1.82, 2.24) is 19.9 Å². The molecule has 96 valence electrons. The Kier molecular flexibility index (Phi) is 2.20. The van der Waals surface area contributed by atoms with Gasteiger partial charge in [0.25, 0.3) is 0 Å². The van der Waals surface area contributed by atoms with Gasteiger partial charge in [-0.2, -0.15) is 0 Å². The van der Waals surface area contributed by atoms with Crippen LogP contribution in [0.1, 0.15) is 0 Å². The molecule has 0 saturated heterocycles. The van der Waals surface area contributed by atoms with Crippen LogP contribution in [0, 0.1) is 0 Å². The molecular weight excluding hydrogens is 250 g/mol. The van der Waals surface area contributed by atoms with Crippen LogP contribution in [-0.4, -0.2) is 19.9 Å². The maximum atomic E-state index is 5.66. The highest BCUT2D eigenvalue weighted by atomic mass is 15.0. The Hall–Kier alpha value is -2.95. The highest BCUT2D eigenvalue weighted by Gasteiger charge is 2.06. The summed E-state index contributed by atoms with van der Waals surface area (Å²) in [5.74, 6) is 1.11. The van der Waals surface area contributed by atoms with Gasteiger partial charge in [0.15, 0.2) is 11.8 Å². The Morgan fingerprint density at radius 1 is 0.950 bits per heavy atom. The highest BCUT2D eigenvalue weighted by Crippen LogP contribution is 2.22. The maximum absolute atomic E-state index is 5.66. The molecule has 4 aromatic rings. The second kappa shape index (κ2) is 4.03. The predicted octanol–water partition coefficient (Wildman–Crippen LogP) is 2.76. The van der Waals surface area contributed by atoms with E-state index in [9.17, 15) is 0 Å². The van der Waals surface area contributed by atoms with Gasteiger partial charge in [-0.15, -0.1) is 0 Å². The number of nitrogens with one attached hydrogen (secondary N) is 1. The molecule has 2 heterocycles. The average Bonchev–Trinajstić information content (AvgIpc) is 2.85. The van der Waals surface area contributed by atoms with Crippen molar-refractivity contribution in [3.63, 3.8) is 0 Å². The molecule has 4 rings (SSSR count). The minimum atomic E-state index is 0.413. The first-order valence-electron chi connectivity index (χ1n) is 6.27. The maximum Gasteiger partial charge on any atom is 0.198 e. The summed E-state index contributed by atoms with van der Waals surface area (Å²) in [6, 6.07) is 13.7. The van der Waals surface area contributed by atoms with Crippen LogP contribution in [0.2, 0.25) is 0 Å². The number of aromatic nitrogens is 4. The third kappa shape index (κ3) is 1.68. The Balaban J connectivity index is 1.90. The molecule has 5 nitrogen and oxygen atoms in total. The standard InChI is InChI=1S/C15H11N5/c16-15-19-12-6-5-9(7-13(12)20-15)14-17-8-10-3-1-2-4-11(10)18-14/h1-8H,(H3,16,19,20). The molecule has 0 unspecified atom stereocenters. The number of fused-ring (bicyclic) bond motifs is 2. The summed E-state index contributed by atoms with van der Waals surface area (Å²) < 4.78 is 0. The number of hydrogen-bond donors (Lipinski definition) is 2. The van der Waals surface area contributed by atoms with Crippen LogP contribution in [0.25, 0.3) is 33.3 Å². The zero-order valence-electron chi connectivity index (χ0n) is 10.5. The first-order chi connectivity index (χ1) is 9.79. The van der Waals surface area contributed by atoms with Crippen LogP contribution in [0.5, 0.6) is 0 Å². The van der Waals surface area contributed by atoms with Crippen molar-refractivity contribution in [3.8, 4) is 11.4 Å². The summed E-state index contributed by atoms with van der Waals surface area (Å²) >= 11 is 0. The molecule has 0 fully saturated rings. The first-order valence-corrected chi connectivity index (χ1v) is 6.27. The van der Waals surface area contributed by atoms with Crippen molar-refractivity contribution in [2.24, 2.45) is 0 Å². The number of nitrogens with zero attached hydrogens (tertiary/aromatic N) is 3. The van der Waals surface area contributed by atoms with Crippen molar-refractivity contribution in [2.45, 2.75) is 0 Å². The van der Waals surface area contributed by atoms with E-state index in [1.165, 1.54) is 0 Å². The van der Waals surface area contributed by atoms with E-state index in [0.29, 0.717) is 11.8 Å². The molecular formula is C15H11N5. The molecule has 2 aromatic heterocycles. The molecule has 0 aliphatic rings. The van der Waals surface area contributed by atoms with Crippen LogP contribution in [0.4, 0.5) is 5.95 Å². The van der Waals surface area contributed by atoms with E-state index < -0.39 is 0 Å². The van der Waals surface area contributed by atoms with Crippen molar-refractivity contribution in [3.05, 3.63) is 48.7 Å². The van der Waals surface area contributed by atoms with Crippen molar-refractivity contribution in [1.29, 1.82) is 0 Å². The van der Waals surface area contributed by atoms with Gasteiger partial charge < -0.3 is 10.7 Å². The lowest BCUT2D eigenvalue weighted by Crippen LogP contribution is -1.89. The summed E-state index contributed by atoms with van der Waals surface area (Å²) in [5, 5.41) is 1.03. The number of hydrogen-bond acceptors (Lipinski definition) is 4. The number of para-hydroxylation sites is 1. The number of aromatic amines is 1. The molecule has 0 atom stereocenters. The van der Waals surface area contributed by atoms with Crippen molar-refractivity contribution in [2.75, 3.05) is 5.73 Å². The number of nitrogen functional groups attached to an aromatic ring is 1. The van der Waals surface area contributed by atoms with Gasteiger partial charge in [0.05, 0.1) is 16.6 Å². The highest BCUT2D eigenvalue weighted by molar-refractivity contribution is 5.84. The fourth-order valence-electron chi connectivity index (χ4n) is 2.28. The van der Waals surface area contributed by atoms with Gasteiger partial charge in [-0.05, 0) is 24.3 Å². The van der Waals surface area contributed by atoms with Gasteiger partial charge in [-0.25, -0.2) is 15.0 Å². The summed E-state index contributed by atoms with van der Waals surface area (Å²) in [6.45, 7) is 0. The van der Waals surface area contributed by atoms with Crippen molar-refractivity contribution >= 4 is 27.9 Å². The Morgan fingerprint density at radius 2 is 1.85 bits per heavy atom. The molecule has 20 heavy (non-hydrogen) atoms. The van der Waals surface area contributed by atoms with E-state index in [0.717, 1.165) is 27.5 Å². The quantitative estimate of drug-likeness (QED) is 0.552. The second-order valence-electron chi connectivity index (χ2n) is 4.61. The molecule has 0 amide bonds. The van der Waals surface area contributed by atoms with E-state index in [1.807, 2.05) is 48.7 Å². The number of rotatable bonds is 1. The van der Waals surface area contributed by atoms with Crippen LogP contribution < -0.4 is 5.73 Å². The third-order valence-corrected chi connectivity index (χ3v) is 3.25. The predicted molar refractivity (Wildman–Crippen MR) is 79.0 cm³/mol.